The molecule has 5 heteroatoms. The number of hydrogen-bond donors (Lipinski definition) is 1. The lowest BCUT2D eigenvalue weighted by molar-refractivity contribution is -0.132. The Morgan fingerprint density at radius 2 is 2.05 bits per heavy atom. The van der Waals surface area contributed by atoms with Crippen LogP contribution in [0.25, 0.3) is 0 Å². The number of ether oxygens (including phenoxy) is 2. The fraction of sp³-hybridized carbons (Fsp3) is 0.533. The van der Waals surface area contributed by atoms with Crippen LogP contribution in [-0.4, -0.2) is 37.1 Å². The number of fused-ring (bicyclic) bond motifs is 1. The number of carbonyl (C=O) groups excluding carboxylic acids is 1. The molecule has 0 saturated heterocycles. The van der Waals surface area contributed by atoms with E-state index in [9.17, 15) is 4.79 Å². The van der Waals surface area contributed by atoms with Crippen LogP contribution >= 0.6 is 0 Å². The minimum Gasteiger partial charge on any atom is -0.486 e. The number of rotatable bonds is 5. The lowest BCUT2D eigenvalue weighted by atomic mass is 10.1. The van der Waals surface area contributed by atoms with Gasteiger partial charge < -0.3 is 20.1 Å². The summed E-state index contributed by atoms with van der Waals surface area (Å²) in [6, 6.07) is 5.34. The summed E-state index contributed by atoms with van der Waals surface area (Å²) in [6.07, 6.45) is 1.62. The molecule has 0 saturated carbocycles. The minimum atomic E-state index is -0.415. The van der Waals surface area contributed by atoms with Crippen molar-refractivity contribution < 1.29 is 14.3 Å². The maximum absolute atomic E-state index is 12.1. The summed E-state index contributed by atoms with van der Waals surface area (Å²) in [7, 11) is 1.77. The topological polar surface area (TPSA) is 64.8 Å². The second-order valence-electron chi connectivity index (χ2n) is 5.07. The van der Waals surface area contributed by atoms with Crippen molar-refractivity contribution >= 4 is 5.91 Å². The van der Waals surface area contributed by atoms with E-state index in [2.05, 4.69) is 0 Å². The summed E-state index contributed by atoms with van der Waals surface area (Å²) in [5.74, 6) is 1.48. The molecule has 0 unspecified atom stereocenters. The summed E-state index contributed by atoms with van der Waals surface area (Å²) in [4.78, 5) is 13.7. The summed E-state index contributed by atoms with van der Waals surface area (Å²) in [5.41, 5.74) is 6.87. The molecule has 2 N–H and O–H groups in total. The zero-order valence-electron chi connectivity index (χ0n) is 12.1. The minimum absolute atomic E-state index is 0.0262. The Labute approximate surface area is 119 Å². The Kier molecular flexibility index (Phi) is 4.84. The number of likely N-dealkylation sites (N-methyl/N-ethyl adjacent to an activating group) is 1. The molecule has 110 valence electrons. The van der Waals surface area contributed by atoms with Crippen molar-refractivity contribution in [1.29, 1.82) is 0 Å². The van der Waals surface area contributed by atoms with Gasteiger partial charge >= 0.3 is 0 Å². The molecule has 0 bridgehead atoms. The molecule has 0 aromatic heterocycles. The predicted octanol–water partition coefficient (Wildman–Crippen LogP) is 1.54. The van der Waals surface area contributed by atoms with Gasteiger partial charge in [-0.15, -0.1) is 0 Å². The maximum atomic E-state index is 12.1. The van der Waals surface area contributed by atoms with Crippen molar-refractivity contribution in [3.63, 3.8) is 0 Å². The van der Waals surface area contributed by atoms with Crippen molar-refractivity contribution in [2.45, 2.75) is 32.4 Å². The molecule has 5 nitrogen and oxygen atoms in total. The van der Waals surface area contributed by atoms with E-state index >= 15 is 0 Å². The highest BCUT2D eigenvalue weighted by molar-refractivity contribution is 5.81. The highest BCUT2D eigenvalue weighted by atomic mass is 16.6. The van der Waals surface area contributed by atoms with E-state index in [4.69, 9.17) is 15.2 Å². The van der Waals surface area contributed by atoms with Crippen molar-refractivity contribution in [2.75, 3.05) is 20.3 Å². The quantitative estimate of drug-likeness (QED) is 0.887. The van der Waals surface area contributed by atoms with Gasteiger partial charge in [-0.2, -0.15) is 0 Å². The van der Waals surface area contributed by atoms with Gasteiger partial charge in [-0.3, -0.25) is 4.79 Å². The van der Waals surface area contributed by atoms with Gasteiger partial charge in [0.2, 0.25) is 5.91 Å². The first-order chi connectivity index (χ1) is 9.61. The van der Waals surface area contributed by atoms with Crippen LogP contribution < -0.4 is 15.2 Å². The number of amides is 1. The highest BCUT2D eigenvalue weighted by Gasteiger charge is 2.18. The van der Waals surface area contributed by atoms with E-state index in [1.807, 2.05) is 25.1 Å². The first kappa shape index (κ1) is 14.7. The SMILES string of the molecule is CCC[C@H](N)C(=O)N(C)Cc1ccc2c(c1)OCCO2. The molecule has 1 aromatic carbocycles. The molecule has 1 atom stereocenters. The normalized spacial score (nSPS) is 14.8. The largest absolute Gasteiger partial charge is 0.486 e. The fourth-order valence-electron chi connectivity index (χ4n) is 2.26. The number of carbonyl (C=O) groups is 1. The third-order valence-electron chi connectivity index (χ3n) is 3.32. The molecular formula is C15H22N2O3. The Hall–Kier alpha value is -1.75. The monoisotopic (exact) mass is 278 g/mol. The van der Waals surface area contributed by atoms with E-state index in [0.29, 0.717) is 26.2 Å². The van der Waals surface area contributed by atoms with Gasteiger partial charge in [0.25, 0.3) is 0 Å². The van der Waals surface area contributed by atoms with Crippen LogP contribution in [0.1, 0.15) is 25.3 Å². The van der Waals surface area contributed by atoms with Gasteiger partial charge in [0, 0.05) is 13.6 Å². The van der Waals surface area contributed by atoms with Crippen LogP contribution in [0.15, 0.2) is 18.2 Å². The standard InChI is InChI=1S/C15H22N2O3/c1-3-4-12(16)15(18)17(2)10-11-5-6-13-14(9-11)20-8-7-19-13/h5-6,9,12H,3-4,7-8,10,16H2,1-2H3/t12-/m0/s1. The average Bonchev–Trinajstić information content (AvgIpc) is 2.46. The Bertz CT molecular complexity index is 476. The van der Waals surface area contributed by atoms with E-state index in [-0.39, 0.29) is 5.91 Å². The molecule has 1 amide bonds. The number of hydrogen-bond acceptors (Lipinski definition) is 4. The second kappa shape index (κ2) is 6.61. The van der Waals surface area contributed by atoms with E-state index in [0.717, 1.165) is 23.5 Å². The smallest absolute Gasteiger partial charge is 0.239 e. The zero-order valence-corrected chi connectivity index (χ0v) is 12.1. The van der Waals surface area contributed by atoms with Crippen molar-refractivity contribution in [3.05, 3.63) is 23.8 Å². The van der Waals surface area contributed by atoms with Gasteiger partial charge in [0.15, 0.2) is 11.5 Å². The summed E-state index contributed by atoms with van der Waals surface area (Å²) >= 11 is 0. The van der Waals surface area contributed by atoms with Crippen LogP contribution in [-0.2, 0) is 11.3 Å². The molecule has 0 radical (unpaired) electrons. The molecule has 20 heavy (non-hydrogen) atoms. The lowest BCUT2D eigenvalue weighted by Crippen LogP contribution is -2.41. The Morgan fingerprint density at radius 3 is 2.75 bits per heavy atom. The van der Waals surface area contributed by atoms with Gasteiger partial charge in [0.05, 0.1) is 6.04 Å². The summed E-state index contributed by atoms with van der Waals surface area (Å²) in [5, 5.41) is 0. The van der Waals surface area contributed by atoms with E-state index in [1.165, 1.54) is 0 Å². The molecule has 1 aliphatic heterocycles. The van der Waals surface area contributed by atoms with Crippen molar-refractivity contribution in [3.8, 4) is 11.5 Å². The molecule has 0 aliphatic carbocycles. The van der Waals surface area contributed by atoms with Crippen LogP contribution in [0.3, 0.4) is 0 Å². The maximum Gasteiger partial charge on any atom is 0.239 e. The van der Waals surface area contributed by atoms with Crippen molar-refractivity contribution in [2.24, 2.45) is 5.73 Å². The molecule has 0 spiro atoms. The van der Waals surface area contributed by atoms with Crippen LogP contribution in [0, 0.1) is 0 Å². The predicted molar refractivity (Wildman–Crippen MR) is 76.8 cm³/mol. The number of nitrogens with zero attached hydrogens (tertiary/aromatic N) is 1. The Balaban J connectivity index is 2.00. The van der Waals surface area contributed by atoms with Crippen LogP contribution in [0.4, 0.5) is 0 Å². The molecule has 1 heterocycles. The number of nitrogens with two attached hydrogens (primary N) is 1. The summed E-state index contributed by atoms with van der Waals surface area (Å²) in [6.45, 7) is 3.68. The summed E-state index contributed by atoms with van der Waals surface area (Å²) < 4.78 is 11.0. The third-order valence-corrected chi connectivity index (χ3v) is 3.32. The lowest BCUT2D eigenvalue weighted by Gasteiger charge is -2.23. The van der Waals surface area contributed by atoms with E-state index < -0.39 is 6.04 Å². The van der Waals surface area contributed by atoms with Gasteiger partial charge in [-0.25, -0.2) is 0 Å². The Morgan fingerprint density at radius 1 is 1.35 bits per heavy atom. The average molecular weight is 278 g/mol. The van der Waals surface area contributed by atoms with Crippen LogP contribution in [0.2, 0.25) is 0 Å². The zero-order chi connectivity index (χ0) is 14.5. The third kappa shape index (κ3) is 3.42. The van der Waals surface area contributed by atoms with Gasteiger partial charge in [0.1, 0.15) is 13.2 Å². The van der Waals surface area contributed by atoms with Gasteiger partial charge in [-0.1, -0.05) is 19.4 Å². The highest BCUT2D eigenvalue weighted by Crippen LogP contribution is 2.31. The number of benzene rings is 1. The fourth-order valence-corrected chi connectivity index (χ4v) is 2.26. The first-order valence-electron chi connectivity index (χ1n) is 7.01. The molecule has 1 aromatic rings. The second-order valence-corrected chi connectivity index (χ2v) is 5.07. The molecular weight excluding hydrogens is 256 g/mol. The van der Waals surface area contributed by atoms with Crippen LogP contribution in [0.5, 0.6) is 11.5 Å². The van der Waals surface area contributed by atoms with E-state index in [1.54, 1.807) is 11.9 Å². The molecule has 1 aliphatic rings. The molecule has 2 rings (SSSR count). The van der Waals surface area contributed by atoms with Gasteiger partial charge in [-0.05, 0) is 24.1 Å². The van der Waals surface area contributed by atoms with Crippen molar-refractivity contribution in [1.82, 2.24) is 4.90 Å². The molecule has 0 fully saturated rings. The first-order valence-corrected chi connectivity index (χ1v) is 7.01.